The number of aromatic nitrogens is 2. The molecule has 0 amide bonds. The predicted octanol–water partition coefficient (Wildman–Crippen LogP) is 2.13. The van der Waals surface area contributed by atoms with E-state index in [-0.39, 0.29) is 23.6 Å². The third-order valence-electron chi connectivity index (χ3n) is 2.05. The zero-order chi connectivity index (χ0) is 16.8. The maximum atomic E-state index is 12.0. The smallest absolute Gasteiger partial charge is 0.357 e. The number of carbonyl (C=O) groups is 1. The van der Waals surface area contributed by atoms with Crippen molar-refractivity contribution < 1.29 is 17.8 Å². The summed E-state index contributed by atoms with van der Waals surface area (Å²) in [4.78, 5) is 16.0. The summed E-state index contributed by atoms with van der Waals surface area (Å²) in [6.07, 6.45) is -0.513. The van der Waals surface area contributed by atoms with Crippen molar-refractivity contribution in [2.45, 2.75) is 20.7 Å². The van der Waals surface area contributed by atoms with Crippen molar-refractivity contribution in [1.82, 2.24) is 9.38 Å². The lowest BCUT2D eigenvalue weighted by atomic mass is 10.3. The topological polar surface area (TPSA) is 43.6 Å². The third-order valence-corrected chi connectivity index (χ3v) is 2.05. The fourth-order valence-electron chi connectivity index (χ4n) is 1.42. The Hall–Kier alpha value is -1.84. The minimum absolute atomic E-state index is 0.0686. The number of imidazole rings is 1. The van der Waals surface area contributed by atoms with Crippen LogP contribution in [0, 0.1) is 13.8 Å². The number of ether oxygens (including phenoxy) is 1. The first-order chi connectivity index (χ1) is 10.1. The molecule has 0 atom stereocenters. The van der Waals surface area contributed by atoms with Crippen molar-refractivity contribution in [3.05, 3.63) is 35.2 Å². The SMILES string of the molecule is [2H]c1c(C([2H])([2H])[2H])c([2H])c2nc(C)c(C(=O)OCC)n2c1[2H]. The second kappa shape index (κ2) is 3.96. The van der Waals surface area contributed by atoms with Crippen LogP contribution in [0.2, 0.25) is 0 Å². The molecule has 0 aliphatic rings. The lowest BCUT2D eigenvalue weighted by Crippen LogP contribution is -2.09. The van der Waals surface area contributed by atoms with E-state index >= 15 is 0 Å². The van der Waals surface area contributed by atoms with E-state index in [2.05, 4.69) is 4.98 Å². The van der Waals surface area contributed by atoms with Crippen molar-refractivity contribution >= 4 is 11.6 Å². The lowest BCUT2D eigenvalue weighted by molar-refractivity contribution is 0.0517. The Morgan fingerprint density at radius 1 is 1.75 bits per heavy atom. The standard InChI is InChI=1S/C12H14N2O2/c1-4-16-12(15)11-9(3)13-10-7-8(2)5-6-14(10)11/h5-7H,4H2,1-3H3/i2D3,5D,6D,7D. The molecule has 84 valence electrons. The maximum absolute atomic E-state index is 12.0. The van der Waals surface area contributed by atoms with Crippen LogP contribution in [0.25, 0.3) is 5.65 Å². The Kier molecular flexibility index (Phi) is 1.36. The van der Waals surface area contributed by atoms with Gasteiger partial charge in [0.05, 0.1) is 16.4 Å². The van der Waals surface area contributed by atoms with Gasteiger partial charge < -0.3 is 4.74 Å². The van der Waals surface area contributed by atoms with Crippen LogP contribution in [-0.4, -0.2) is 22.0 Å². The summed E-state index contributed by atoms with van der Waals surface area (Å²) in [5.41, 5.74) is -0.554. The van der Waals surface area contributed by atoms with Gasteiger partial charge in [0.15, 0.2) is 5.69 Å². The molecule has 0 saturated heterocycles. The van der Waals surface area contributed by atoms with Crippen LogP contribution >= 0.6 is 0 Å². The average molecular weight is 224 g/mol. The lowest BCUT2D eigenvalue weighted by Gasteiger charge is -2.02. The van der Waals surface area contributed by atoms with E-state index in [1.165, 1.54) is 6.92 Å². The number of hydrogen-bond acceptors (Lipinski definition) is 3. The van der Waals surface area contributed by atoms with Crippen LogP contribution in [-0.2, 0) is 4.74 Å². The molecule has 2 heterocycles. The van der Waals surface area contributed by atoms with Gasteiger partial charge >= 0.3 is 5.97 Å². The second-order valence-corrected chi connectivity index (χ2v) is 3.16. The minimum atomic E-state index is -2.71. The van der Waals surface area contributed by atoms with Crippen molar-refractivity contribution in [2.75, 3.05) is 6.61 Å². The molecule has 2 rings (SSSR count). The van der Waals surface area contributed by atoms with E-state index in [9.17, 15) is 4.79 Å². The monoisotopic (exact) mass is 224 g/mol. The number of nitrogens with zero attached hydrogens (tertiary/aromatic N) is 2. The molecule has 16 heavy (non-hydrogen) atoms. The normalized spacial score (nSPS) is 16.9. The first kappa shape index (κ1) is 5.48. The van der Waals surface area contributed by atoms with Crippen molar-refractivity contribution in [1.29, 1.82) is 0 Å². The number of esters is 1. The molecule has 2 aromatic rings. The van der Waals surface area contributed by atoms with Crippen LogP contribution in [0.5, 0.6) is 0 Å². The molecular formula is C12H14N2O2. The summed E-state index contributed by atoms with van der Waals surface area (Å²) in [5.74, 6) is -0.735. The summed E-state index contributed by atoms with van der Waals surface area (Å²) < 4.78 is 52.0. The fourth-order valence-corrected chi connectivity index (χ4v) is 1.42. The van der Waals surface area contributed by atoms with Gasteiger partial charge in [0.1, 0.15) is 5.65 Å². The van der Waals surface area contributed by atoms with Gasteiger partial charge in [-0.3, -0.25) is 4.40 Å². The van der Waals surface area contributed by atoms with Crippen LogP contribution in [0.4, 0.5) is 0 Å². The van der Waals surface area contributed by atoms with Gasteiger partial charge in [-0.25, -0.2) is 9.78 Å². The molecule has 0 bridgehead atoms. The van der Waals surface area contributed by atoms with E-state index < -0.39 is 36.6 Å². The van der Waals surface area contributed by atoms with Crippen molar-refractivity contribution in [2.24, 2.45) is 0 Å². The second-order valence-electron chi connectivity index (χ2n) is 3.16. The summed E-state index contributed by atoms with van der Waals surface area (Å²) >= 11 is 0. The van der Waals surface area contributed by atoms with Gasteiger partial charge in [0.25, 0.3) is 0 Å². The van der Waals surface area contributed by atoms with Crippen LogP contribution in [0.3, 0.4) is 0 Å². The first-order valence-electron chi connectivity index (χ1n) is 7.77. The van der Waals surface area contributed by atoms with E-state index in [1.807, 2.05) is 0 Å². The molecular weight excluding hydrogens is 204 g/mol. The highest BCUT2D eigenvalue weighted by Crippen LogP contribution is 2.14. The molecule has 4 nitrogen and oxygen atoms in total. The summed E-state index contributed by atoms with van der Waals surface area (Å²) in [5, 5.41) is 0. The maximum Gasteiger partial charge on any atom is 0.357 e. The molecule has 0 unspecified atom stereocenters. The minimum Gasteiger partial charge on any atom is -0.461 e. The van der Waals surface area contributed by atoms with Gasteiger partial charge in [0.2, 0.25) is 0 Å². The van der Waals surface area contributed by atoms with Gasteiger partial charge in [-0.2, -0.15) is 0 Å². The Labute approximate surface area is 102 Å². The van der Waals surface area contributed by atoms with Gasteiger partial charge in [-0.15, -0.1) is 0 Å². The number of aryl methyl sites for hydroxylation is 1. The molecule has 0 N–H and O–H groups in total. The Balaban J connectivity index is 2.91. The molecule has 0 aromatic carbocycles. The Morgan fingerprint density at radius 2 is 2.56 bits per heavy atom. The van der Waals surface area contributed by atoms with Gasteiger partial charge in [0, 0.05) is 10.3 Å². The molecule has 0 aliphatic carbocycles. The van der Waals surface area contributed by atoms with Crippen molar-refractivity contribution in [3.63, 3.8) is 0 Å². The van der Waals surface area contributed by atoms with Crippen LogP contribution in [0.1, 0.15) is 36.9 Å². The van der Waals surface area contributed by atoms with E-state index in [1.54, 1.807) is 6.92 Å². The molecule has 0 aliphatic heterocycles. The highest BCUT2D eigenvalue weighted by molar-refractivity contribution is 5.90. The predicted molar refractivity (Wildman–Crippen MR) is 60.6 cm³/mol. The molecule has 2 aromatic heterocycles. The third kappa shape index (κ3) is 1.66. The number of carbonyl (C=O) groups excluding carboxylic acids is 1. The zero-order valence-corrected chi connectivity index (χ0v) is 8.92. The van der Waals surface area contributed by atoms with E-state index in [0.717, 1.165) is 4.40 Å². The molecule has 0 saturated carbocycles. The van der Waals surface area contributed by atoms with E-state index in [4.69, 9.17) is 13.0 Å². The number of fused-ring (bicyclic) bond motifs is 1. The summed E-state index contributed by atoms with van der Waals surface area (Å²) in [6, 6.07) is -1.11. The highest BCUT2D eigenvalue weighted by atomic mass is 16.5. The van der Waals surface area contributed by atoms with Crippen LogP contribution in [0.15, 0.2) is 18.3 Å². The Morgan fingerprint density at radius 3 is 3.25 bits per heavy atom. The number of hydrogen-bond donors (Lipinski definition) is 0. The van der Waals surface area contributed by atoms with Crippen LogP contribution < -0.4 is 0 Å². The van der Waals surface area contributed by atoms with E-state index in [0.29, 0.717) is 0 Å². The average Bonchev–Trinajstić information content (AvgIpc) is 2.73. The Bertz CT molecular complexity index is 766. The molecule has 0 spiro atoms. The zero-order valence-electron chi connectivity index (χ0n) is 14.9. The first-order valence-corrected chi connectivity index (χ1v) is 4.77. The molecule has 4 heteroatoms. The number of pyridine rings is 1. The summed E-state index contributed by atoms with van der Waals surface area (Å²) in [6.45, 7) is 0.525. The highest BCUT2D eigenvalue weighted by Gasteiger charge is 2.17. The summed E-state index contributed by atoms with van der Waals surface area (Å²) in [7, 11) is 0. The number of rotatable bonds is 2. The molecule has 0 radical (unpaired) electrons. The largest absolute Gasteiger partial charge is 0.461 e. The van der Waals surface area contributed by atoms with Crippen molar-refractivity contribution in [3.8, 4) is 0 Å². The van der Waals surface area contributed by atoms with Gasteiger partial charge in [-0.1, -0.05) is 0 Å². The fraction of sp³-hybridized carbons (Fsp3) is 0.333. The van der Waals surface area contributed by atoms with Gasteiger partial charge in [-0.05, 0) is 38.3 Å². The quantitative estimate of drug-likeness (QED) is 0.734. The molecule has 0 fully saturated rings.